The molecule has 16 heavy (non-hydrogen) atoms. The highest BCUT2D eigenvalue weighted by Crippen LogP contribution is 2.39. The average Bonchev–Trinajstić information content (AvgIpc) is 2.35. The van der Waals surface area contributed by atoms with Gasteiger partial charge in [0.1, 0.15) is 0 Å². The standard InChI is InChI=1S/C15H14S/c1-2-11-7-8-15-13(9-11)10-12-5-3-4-6-14(12)16-15/h3-9H,2,10H2,1H3. The summed E-state index contributed by atoms with van der Waals surface area (Å²) in [6.07, 6.45) is 2.21. The molecule has 0 radical (unpaired) electrons. The maximum Gasteiger partial charge on any atom is 0.0158 e. The molecule has 1 heteroatoms. The van der Waals surface area contributed by atoms with Crippen LogP contribution in [0.5, 0.6) is 0 Å². The molecule has 0 aromatic heterocycles. The Bertz CT molecular complexity index is 529. The van der Waals surface area contributed by atoms with Crippen LogP contribution in [-0.4, -0.2) is 0 Å². The molecule has 0 unspecified atom stereocenters. The summed E-state index contributed by atoms with van der Waals surface area (Å²) in [5.74, 6) is 0. The number of rotatable bonds is 1. The molecule has 0 spiro atoms. The Morgan fingerprint density at radius 1 is 1.00 bits per heavy atom. The van der Waals surface area contributed by atoms with Crippen LogP contribution in [-0.2, 0) is 12.8 Å². The van der Waals surface area contributed by atoms with Crippen LogP contribution in [0.4, 0.5) is 0 Å². The van der Waals surface area contributed by atoms with Crippen LogP contribution in [0.25, 0.3) is 0 Å². The van der Waals surface area contributed by atoms with E-state index in [9.17, 15) is 0 Å². The molecule has 1 aliphatic heterocycles. The van der Waals surface area contributed by atoms with Crippen molar-refractivity contribution in [3.63, 3.8) is 0 Å². The molecule has 0 bridgehead atoms. The molecule has 0 nitrogen and oxygen atoms in total. The monoisotopic (exact) mass is 226 g/mol. The Labute approximate surface area is 101 Å². The molecule has 2 aromatic rings. The quantitative estimate of drug-likeness (QED) is 0.596. The fourth-order valence-corrected chi connectivity index (χ4v) is 3.22. The molecular formula is C15H14S. The SMILES string of the molecule is CCc1ccc2c(c1)Cc1ccccc1S2. The van der Waals surface area contributed by atoms with Crippen molar-refractivity contribution in [3.8, 4) is 0 Å². The third-order valence-electron chi connectivity index (χ3n) is 3.11. The minimum Gasteiger partial charge on any atom is -0.0895 e. The molecular weight excluding hydrogens is 212 g/mol. The van der Waals surface area contributed by atoms with E-state index < -0.39 is 0 Å². The zero-order chi connectivity index (χ0) is 11.0. The van der Waals surface area contributed by atoms with Gasteiger partial charge in [-0.05, 0) is 41.7 Å². The summed E-state index contributed by atoms with van der Waals surface area (Å²) in [5, 5.41) is 0. The van der Waals surface area contributed by atoms with E-state index in [1.54, 1.807) is 0 Å². The molecule has 80 valence electrons. The Morgan fingerprint density at radius 3 is 2.69 bits per heavy atom. The van der Waals surface area contributed by atoms with Gasteiger partial charge in [-0.2, -0.15) is 0 Å². The van der Waals surface area contributed by atoms with Crippen LogP contribution in [0.1, 0.15) is 23.6 Å². The molecule has 0 atom stereocenters. The molecule has 3 rings (SSSR count). The Kier molecular flexibility index (Phi) is 2.49. The summed E-state index contributed by atoms with van der Waals surface area (Å²) in [6.45, 7) is 2.21. The summed E-state index contributed by atoms with van der Waals surface area (Å²) in [6, 6.07) is 15.6. The zero-order valence-electron chi connectivity index (χ0n) is 9.36. The van der Waals surface area contributed by atoms with Gasteiger partial charge in [0.25, 0.3) is 0 Å². The maximum atomic E-state index is 2.36. The van der Waals surface area contributed by atoms with E-state index in [0.717, 1.165) is 12.8 Å². The molecule has 0 amide bonds. The van der Waals surface area contributed by atoms with Gasteiger partial charge in [-0.15, -0.1) is 0 Å². The second kappa shape index (κ2) is 3.99. The Balaban J connectivity index is 2.05. The van der Waals surface area contributed by atoms with Gasteiger partial charge in [0, 0.05) is 9.79 Å². The van der Waals surface area contributed by atoms with Gasteiger partial charge in [-0.25, -0.2) is 0 Å². The highest BCUT2D eigenvalue weighted by molar-refractivity contribution is 7.99. The predicted molar refractivity (Wildman–Crippen MR) is 69.2 cm³/mol. The minimum absolute atomic E-state index is 1.09. The average molecular weight is 226 g/mol. The summed E-state index contributed by atoms with van der Waals surface area (Å²) in [5.41, 5.74) is 4.40. The van der Waals surface area contributed by atoms with Gasteiger partial charge in [-0.1, -0.05) is 49.0 Å². The first-order chi connectivity index (χ1) is 7.86. The first kappa shape index (κ1) is 9.98. The van der Waals surface area contributed by atoms with E-state index in [-0.39, 0.29) is 0 Å². The molecule has 0 saturated carbocycles. The second-order valence-corrected chi connectivity index (χ2v) is 5.27. The van der Waals surface area contributed by atoms with Crippen LogP contribution < -0.4 is 0 Å². The van der Waals surface area contributed by atoms with Crippen molar-refractivity contribution in [1.29, 1.82) is 0 Å². The molecule has 0 aliphatic carbocycles. The van der Waals surface area contributed by atoms with Gasteiger partial charge < -0.3 is 0 Å². The topological polar surface area (TPSA) is 0 Å². The lowest BCUT2D eigenvalue weighted by molar-refractivity contribution is 1.03. The van der Waals surface area contributed by atoms with Gasteiger partial charge in [0.2, 0.25) is 0 Å². The van der Waals surface area contributed by atoms with Crippen LogP contribution in [0, 0.1) is 0 Å². The Morgan fingerprint density at radius 2 is 1.81 bits per heavy atom. The normalized spacial score (nSPS) is 13.1. The number of fused-ring (bicyclic) bond motifs is 2. The molecule has 2 aromatic carbocycles. The fraction of sp³-hybridized carbons (Fsp3) is 0.200. The number of hydrogen-bond donors (Lipinski definition) is 0. The van der Waals surface area contributed by atoms with Crippen molar-refractivity contribution in [3.05, 3.63) is 59.2 Å². The van der Waals surface area contributed by atoms with Crippen LogP contribution >= 0.6 is 11.8 Å². The third-order valence-corrected chi connectivity index (χ3v) is 4.34. The molecule has 1 heterocycles. The highest BCUT2D eigenvalue weighted by atomic mass is 32.2. The van der Waals surface area contributed by atoms with Gasteiger partial charge in [-0.3, -0.25) is 0 Å². The molecule has 0 saturated heterocycles. The van der Waals surface area contributed by atoms with Crippen LogP contribution in [0.3, 0.4) is 0 Å². The van der Waals surface area contributed by atoms with E-state index in [1.807, 2.05) is 11.8 Å². The molecule has 1 aliphatic rings. The molecule has 0 N–H and O–H groups in total. The lowest BCUT2D eigenvalue weighted by atomic mass is 10.0. The summed E-state index contributed by atoms with van der Waals surface area (Å²) in [7, 11) is 0. The fourth-order valence-electron chi connectivity index (χ4n) is 2.16. The van der Waals surface area contributed by atoms with Crippen molar-refractivity contribution in [2.75, 3.05) is 0 Å². The number of aryl methyl sites for hydroxylation is 1. The lowest BCUT2D eigenvalue weighted by Gasteiger charge is -2.19. The minimum atomic E-state index is 1.09. The van der Waals surface area contributed by atoms with E-state index in [1.165, 1.54) is 26.5 Å². The van der Waals surface area contributed by atoms with Crippen LogP contribution in [0.15, 0.2) is 52.3 Å². The van der Waals surface area contributed by atoms with E-state index >= 15 is 0 Å². The number of hydrogen-bond acceptors (Lipinski definition) is 1. The van der Waals surface area contributed by atoms with Gasteiger partial charge in [0.15, 0.2) is 0 Å². The van der Waals surface area contributed by atoms with Crippen molar-refractivity contribution in [2.45, 2.75) is 29.6 Å². The first-order valence-corrected chi connectivity index (χ1v) is 6.56. The largest absolute Gasteiger partial charge is 0.0895 e. The maximum absolute atomic E-state index is 2.36. The van der Waals surface area contributed by atoms with Crippen molar-refractivity contribution in [1.82, 2.24) is 0 Å². The summed E-state index contributed by atoms with van der Waals surface area (Å²) >= 11 is 1.90. The van der Waals surface area contributed by atoms with Gasteiger partial charge in [0.05, 0.1) is 0 Å². The second-order valence-electron chi connectivity index (χ2n) is 4.18. The Hall–Kier alpha value is -1.21. The molecule has 0 fully saturated rings. The lowest BCUT2D eigenvalue weighted by Crippen LogP contribution is -2.00. The van der Waals surface area contributed by atoms with Crippen molar-refractivity contribution < 1.29 is 0 Å². The summed E-state index contributed by atoms with van der Waals surface area (Å²) < 4.78 is 0. The highest BCUT2D eigenvalue weighted by Gasteiger charge is 2.15. The predicted octanol–water partition coefficient (Wildman–Crippen LogP) is 4.30. The smallest absolute Gasteiger partial charge is 0.0158 e. The summed E-state index contributed by atoms with van der Waals surface area (Å²) in [4.78, 5) is 2.84. The first-order valence-electron chi connectivity index (χ1n) is 5.74. The van der Waals surface area contributed by atoms with E-state index in [2.05, 4.69) is 49.4 Å². The van der Waals surface area contributed by atoms with E-state index in [4.69, 9.17) is 0 Å². The van der Waals surface area contributed by atoms with Crippen LogP contribution in [0.2, 0.25) is 0 Å². The van der Waals surface area contributed by atoms with Gasteiger partial charge >= 0.3 is 0 Å². The third kappa shape index (κ3) is 1.65. The van der Waals surface area contributed by atoms with Crippen molar-refractivity contribution >= 4 is 11.8 Å². The van der Waals surface area contributed by atoms with E-state index in [0.29, 0.717) is 0 Å². The zero-order valence-corrected chi connectivity index (χ0v) is 10.2. The number of benzene rings is 2. The van der Waals surface area contributed by atoms with Crippen molar-refractivity contribution in [2.24, 2.45) is 0 Å².